The second-order valence-corrected chi connectivity index (χ2v) is 6.49. The predicted octanol–water partition coefficient (Wildman–Crippen LogP) is 5.04. The van der Waals surface area contributed by atoms with Crippen LogP contribution < -0.4 is 20.1 Å². The molecular weight excluding hydrogens is 517 g/mol. The van der Waals surface area contributed by atoms with Crippen LogP contribution in [0.4, 0.5) is 8.78 Å². The first-order valence-electron chi connectivity index (χ1n) is 9.89. The molecule has 168 valence electrons. The van der Waals surface area contributed by atoms with Gasteiger partial charge in [0.15, 0.2) is 17.5 Å². The number of hydrogen-bond donors (Lipinski definition) is 3. The van der Waals surface area contributed by atoms with Crippen LogP contribution in [0.5, 0.6) is 11.5 Å². The molecule has 0 fully saturated rings. The normalized spacial score (nSPS) is 11.3. The van der Waals surface area contributed by atoms with Crippen molar-refractivity contribution in [3.63, 3.8) is 0 Å². The molecule has 0 aliphatic rings. The second kappa shape index (κ2) is 12.3. The van der Waals surface area contributed by atoms with E-state index in [0.717, 1.165) is 16.6 Å². The molecule has 2 aromatic carbocycles. The Hall–Kier alpha value is -2.56. The van der Waals surface area contributed by atoms with E-state index in [2.05, 4.69) is 26.7 Å². The van der Waals surface area contributed by atoms with Gasteiger partial charge in [0, 0.05) is 23.3 Å². The number of nitrogens with one attached hydrogen (secondary N) is 3. The Labute approximate surface area is 197 Å². The van der Waals surface area contributed by atoms with E-state index in [-0.39, 0.29) is 42.0 Å². The van der Waals surface area contributed by atoms with Gasteiger partial charge in [0.25, 0.3) is 0 Å². The lowest BCUT2D eigenvalue weighted by atomic mass is 10.2. The summed E-state index contributed by atoms with van der Waals surface area (Å²) in [7, 11) is 0. The molecule has 0 amide bonds. The molecule has 0 atom stereocenters. The summed E-state index contributed by atoms with van der Waals surface area (Å²) in [5.74, 6) is 0.868. The molecule has 1 heterocycles. The van der Waals surface area contributed by atoms with Crippen LogP contribution in [0.1, 0.15) is 25.1 Å². The van der Waals surface area contributed by atoms with Crippen molar-refractivity contribution in [1.29, 1.82) is 0 Å². The van der Waals surface area contributed by atoms with Crippen molar-refractivity contribution in [1.82, 2.24) is 15.6 Å². The average molecular weight is 544 g/mol. The van der Waals surface area contributed by atoms with Gasteiger partial charge in [-0.05, 0) is 37.4 Å². The number of aliphatic imine (C=N–C) groups is 1. The third kappa shape index (κ3) is 6.98. The highest BCUT2D eigenvalue weighted by Crippen LogP contribution is 2.33. The van der Waals surface area contributed by atoms with E-state index in [1.807, 2.05) is 31.2 Å². The predicted molar refractivity (Wildman–Crippen MR) is 130 cm³/mol. The number of para-hydroxylation sites is 2. The Morgan fingerprint density at radius 3 is 2.61 bits per heavy atom. The Kier molecular flexibility index (Phi) is 9.83. The number of aromatic amines is 1. The van der Waals surface area contributed by atoms with Crippen LogP contribution in [0.3, 0.4) is 0 Å². The number of ether oxygens (including phenoxy) is 2. The number of aromatic nitrogens is 1. The zero-order valence-corrected chi connectivity index (χ0v) is 19.8. The molecule has 3 rings (SSSR count). The van der Waals surface area contributed by atoms with E-state index >= 15 is 0 Å². The first-order valence-corrected chi connectivity index (χ1v) is 9.89. The molecule has 0 bridgehead atoms. The molecule has 0 radical (unpaired) electrons. The van der Waals surface area contributed by atoms with Gasteiger partial charge >= 0.3 is 6.61 Å². The van der Waals surface area contributed by atoms with Crippen LogP contribution in [0.25, 0.3) is 10.9 Å². The first kappa shape index (κ1) is 24.7. The summed E-state index contributed by atoms with van der Waals surface area (Å²) in [6.07, 6.45) is 0. The van der Waals surface area contributed by atoms with Gasteiger partial charge in [-0.3, -0.25) is 0 Å². The number of nitrogens with zero attached hydrogens (tertiary/aromatic N) is 1. The topological polar surface area (TPSA) is 70.7 Å². The van der Waals surface area contributed by atoms with E-state index < -0.39 is 6.61 Å². The number of guanidine groups is 1. The van der Waals surface area contributed by atoms with Gasteiger partial charge in [-0.2, -0.15) is 8.78 Å². The maximum atomic E-state index is 12.9. The standard InChI is InChI=1S/C22H26F2N4O2.HI/c1-3-25-22(27-14-17-12-15-8-5-6-10-18(15)28-17)26-13-16-9-7-11-19(29-4-2)20(16)30-21(23)24;/h5-12,21,28H,3-4,13-14H2,1-2H3,(H2,25,26,27);1H. The molecule has 9 heteroatoms. The van der Waals surface area contributed by atoms with Crippen LogP contribution in [0.15, 0.2) is 53.5 Å². The second-order valence-electron chi connectivity index (χ2n) is 6.49. The molecular formula is C22H27F2IN4O2. The number of rotatable bonds is 9. The third-order valence-corrected chi connectivity index (χ3v) is 4.35. The maximum absolute atomic E-state index is 12.9. The molecule has 0 unspecified atom stereocenters. The molecule has 31 heavy (non-hydrogen) atoms. The van der Waals surface area contributed by atoms with Crippen molar-refractivity contribution in [2.45, 2.75) is 33.5 Å². The minimum absolute atomic E-state index is 0. The highest BCUT2D eigenvalue weighted by molar-refractivity contribution is 14.0. The summed E-state index contributed by atoms with van der Waals surface area (Å²) in [6, 6.07) is 15.2. The molecule has 6 nitrogen and oxygen atoms in total. The van der Waals surface area contributed by atoms with E-state index in [9.17, 15) is 8.78 Å². The molecule has 1 aromatic heterocycles. The van der Waals surface area contributed by atoms with Crippen LogP contribution in [0.2, 0.25) is 0 Å². The zero-order valence-electron chi connectivity index (χ0n) is 17.5. The van der Waals surface area contributed by atoms with Crippen LogP contribution in [0, 0.1) is 0 Å². The largest absolute Gasteiger partial charge is 0.490 e. The molecule has 0 saturated heterocycles. The zero-order chi connectivity index (χ0) is 21.3. The molecule has 0 aliphatic heterocycles. The van der Waals surface area contributed by atoms with Crippen molar-refractivity contribution in [3.05, 3.63) is 59.8 Å². The van der Waals surface area contributed by atoms with Gasteiger partial charge in [0.05, 0.1) is 19.7 Å². The molecule has 0 aliphatic carbocycles. The van der Waals surface area contributed by atoms with Gasteiger partial charge in [-0.25, -0.2) is 4.99 Å². The monoisotopic (exact) mass is 544 g/mol. The Morgan fingerprint density at radius 2 is 1.90 bits per heavy atom. The molecule has 0 saturated carbocycles. The summed E-state index contributed by atoms with van der Waals surface area (Å²) in [5, 5.41) is 7.55. The van der Waals surface area contributed by atoms with Crippen LogP contribution in [-0.2, 0) is 13.1 Å². The Bertz CT molecular complexity index is 962. The number of fused-ring (bicyclic) bond motifs is 1. The summed E-state index contributed by atoms with van der Waals surface area (Å²) in [4.78, 5) is 7.88. The van der Waals surface area contributed by atoms with Crippen molar-refractivity contribution in [3.8, 4) is 11.5 Å². The lowest BCUT2D eigenvalue weighted by molar-refractivity contribution is -0.0520. The summed E-state index contributed by atoms with van der Waals surface area (Å²) in [6.45, 7) is 2.52. The van der Waals surface area contributed by atoms with Gasteiger partial charge in [0.1, 0.15) is 0 Å². The van der Waals surface area contributed by atoms with E-state index in [1.54, 1.807) is 25.1 Å². The molecule has 3 N–H and O–H groups in total. The van der Waals surface area contributed by atoms with E-state index in [0.29, 0.717) is 31.2 Å². The highest BCUT2D eigenvalue weighted by Gasteiger charge is 2.15. The number of halogens is 3. The first-order chi connectivity index (χ1) is 14.6. The SMILES string of the molecule is CCNC(=NCc1cccc(OCC)c1OC(F)F)NCc1cc2ccccc2[nH]1.I. The number of H-pyrrole nitrogens is 1. The molecule has 0 spiro atoms. The quantitative estimate of drug-likeness (QED) is 0.201. The summed E-state index contributed by atoms with van der Waals surface area (Å²) in [5.41, 5.74) is 2.60. The highest BCUT2D eigenvalue weighted by atomic mass is 127. The smallest absolute Gasteiger partial charge is 0.387 e. The molecule has 3 aromatic rings. The van der Waals surface area contributed by atoms with Crippen LogP contribution in [-0.4, -0.2) is 30.7 Å². The number of alkyl halides is 2. The lowest BCUT2D eigenvalue weighted by Crippen LogP contribution is -2.36. The fourth-order valence-electron chi connectivity index (χ4n) is 3.09. The minimum Gasteiger partial charge on any atom is -0.490 e. The summed E-state index contributed by atoms with van der Waals surface area (Å²) >= 11 is 0. The minimum atomic E-state index is -2.94. The van der Waals surface area contributed by atoms with Crippen molar-refractivity contribution in [2.75, 3.05) is 13.2 Å². The van der Waals surface area contributed by atoms with Gasteiger partial charge < -0.3 is 25.1 Å². The Balaban J connectivity index is 0.00000341. The average Bonchev–Trinajstić information content (AvgIpc) is 3.15. The van der Waals surface area contributed by atoms with Crippen LogP contribution >= 0.6 is 24.0 Å². The van der Waals surface area contributed by atoms with E-state index in [1.165, 1.54) is 0 Å². The van der Waals surface area contributed by atoms with E-state index in [4.69, 9.17) is 9.47 Å². The maximum Gasteiger partial charge on any atom is 0.387 e. The fourth-order valence-corrected chi connectivity index (χ4v) is 3.09. The number of hydrogen-bond acceptors (Lipinski definition) is 3. The van der Waals surface area contributed by atoms with Crippen molar-refractivity contribution in [2.24, 2.45) is 4.99 Å². The number of benzene rings is 2. The van der Waals surface area contributed by atoms with Crippen molar-refractivity contribution < 1.29 is 18.3 Å². The van der Waals surface area contributed by atoms with Crippen molar-refractivity contribution >= 4 is 40.8 Å². The summed E-state index contributed by atoms with van der Waals surface area (Å²) < 4.78 is 35.9. The van der Waals surface area contributed by atoms with Gasteiger partial charge in [-0.1, -0.05) is 30.3 Å². The van der Waals surface area contributed by atoms with Gasteiger partial charge in [0.2, 0.25) is 0 Å². The fraction of sp³-hybridized carbons (Fsp3) is 0.318. The Morgan fingerprint density at radius 1 is 1.10 bits per heavy atom. The lowest BCUT2D eigenvalue weighted by Gasteiger charge is -2.15. The van der Waals surface area contributed by atoms with Gasteiger partial charge in [-0.15, -0.1) is 24.0 Å². The third-order valence-electron chi connectivity index (χ3n) is 4.35.